The van der Waals surface area contributed by atoms with Crippen molar-refractivity contribution in [3.63, 3.8) is 0 Å². The van der Waals surface area contributed by atoms with Gasteiger partial charge < -0.3 is 37.9 Å². The van der Waals surface area contributed by atoms with Crippen molar-refractivity contribution in [1.82, 2.24) is 0 Å². The number of hydrogen-bond donors (Lipinski definition) is 7. The summed E-state index contributed by atoms with van der Waals surface area (Å²) in [5.74, 6) is -4.11. The fourth-order valence-corrected chi connectivity index (χ4v) is 4.31. The number of hydrogen-bond acceptors (Lipinski definition) is 8. The first-order chi connectivity index (χ1) is 27.1. The lowest BCUT2D eigenvalue weighted by Gasteiger charge is -2.03. The van der Waals surface area contributed by atoms with Crippen molar-refractivity contribution >= 4 is 89.7 Å². The molecule has 332 valence electrons. The minimum atomic E-state index is -5.08. The average Bonchev–Trinajstić information content (AvgIpc) is 3.15. The molecule has 22 heteroatoms. The normalized spacial score (nSPS) is 11.0. The fraction of sp³-hybridized carbons (Fsp3) is 0.378. The van der Waals surface area contributed by atoms with Crippen molar-refractivity contribution in [2.24, 2.45) is 32.9 Å². The number of amidine groups is 2. The molecule has 0 fully saturated rings. The fourth-order valence-electron chi connectivity index (χ4n) is 3.52. The Kier molecular flexibility index (Phi) is 34.3. The monoisotopic (exact) mass is 1060 g/mol. The number of unbranched alkanes of at least 4 members (excludes halogenated alkanes) is 4. The summed E-state index contributed by atoms with van der Waals surface area (Å²) in [7, 11) is 0. The Balaban J connectivity index is -0.000000765. The topological polar surface area (TPSA) is 236 Å². The highest BCUT2D eigenvalue weighted by Gasteiger charge is 2.38. The second kappa shape index (κ2) is 34.0. The maximum absolute atomic E-state index is 10.6. The van der Waals surface area contributed by atoms with Crippen molar-refractivity contribution in [1.29, 1.82) is 5.41 Å². The van der Waals surface area contributed by atoms with E-state index in [0.717, 1.165) is 88.4 Å². The number of halogens is 10. The SMILES string of the molecule is CCOC(=N)c1ccc(Br)cc1.Cl.NC(=NCCCCCN=C(N)c1ccc(Br)cc1)c1ccc(Br)cc1.NCCCCCN.O=C(O)C(F)(F)F.O=C(O)C(F)(F)F. The van der Waals surface area contributed by atoms with Crippen LogP contribution < -0.4 is 22.9 Å². The van der Waals surface area contributed by atoms with Gasteiger partial charge in [0.15, 0.2) is 0 Å². The molecule has 0 saturated heterocycles. The van der Waals surface area contributed by atoms with Crippen LogP contribution in [-0.2, 0) is 14.3 Å². The van der Waals surface area contributed by atoms with Gasteiger partial charge in [-0.25, -0.2) is 9.59 Å². The Morgan fingerprint density at radius 3 is 1.14 bits per heavy atom. The molecule has 0 saturated carbocycles. The van der Waals surface area contributed by atoms with Gasteiger partial charge in [-0.05, 0) is 101 Å². The Hall–Kier alpha value is -3.76. The third-order valence-corrected chi connectivity index (χ3v) is 8.03. The second-order valence-electron chi connectivity index (χ2n) is 11.1. The van der Waals surface area contributed by atoms with Gasteiger partial charge in [-0.3, -0.25) is 15.4 Å². The number of nitrogens with one attached hydrogen (secondary N) is 1. The predicted molar refractivity (Wildman–Crippen MR) is 233 cm³/mol. The van der Waals surface area contributed by atoms with Crippen LogP contribution >= 0.6 is 60.2 Å². The molecule has 12 nitrogen and oxygen atoms in total. The number of benzene rings is 3. The van der Waals surface area contributed by atoms with Crippen LogP contribution in [0.4, 0.5) is 26.3 Å². The maximum atomic E-state index is 10.6. The van der Waals surface area contributed by atoms with Crippen LogP contribution in [0.3, 0.4) is 0 Å². The van der Waals surface area contributed by atoms with Gasteiger partial charge in [-0.15, -0.1) is 12.4 Å². The molecule has 0 spiro atoms. The number of ether oxygens (including phenoxy) is 1. The number of carboxylic acids is 2. The molecule has 0 heterocycles. The molecule has 0 aliphatic rings. The average molecular weight is 1060 g/mol. The van der Waals surface area contributed by atoms with E-state index in [-0.39, 0.29) is 18.3 Å². The number of nitrogens with two attached hydrogens (primary N) is 4. The van der Waals surface area contributed by atoms with Crippen molar-refractivity contribution in [2.75, 3.05) is 32.8 Å². The lowest BCUT2D eigenvalue weighted by Crippen LogP contribution is -2.21. The Bertz CT molecular complexity index is 1580. The summed E-state index contributed by atoms with van der Waals surface area (Å²) in [5, 5.41) is 21.7. The molecule has 0 radical (unpaired) electrons. The van der Waals surface area contributed by atoms with Crippen LogP contribution in [0.5, 0.6) is 0 Å². The molecular weight excluding hydrogens is 1010 g/mol. The van der Waals surface area contributed by atoms with Crippen LogP contribution in [0.1, 0.15) is 62.1 Å². The molecular formula is C37H49Br3ClF6N7O5. The van der Waals surface area contributed by atoms with E-state index < -0.39 is 24.3 Å². The second-order valence-corrected chi connectivity index (χ2v) is 13.9. The van der Waals surface area contributed by atoms with Gasteiger partial charge in [-0.1, -0.05) is 78.5 Å². The van der Waals surface area contributed by atoms with Gasteiger partial charge in [0.05, 0.1) is 6.61 Å². The lowest BCUT2D eigenvalue weighted by molar-refractivity contribution is -0.193. The molecule has 0 atom stereocenters. The zero-order chi connectivity index (χ0) is 44.7. The largest absolute Gasteiger partial charge is 0.490 e. The summed E-state index contributed by atoms with van der Waals surface area (Å²) in [6.45, 7) is 5.48. The Morgan fingerprint density at radius 1 is 0.610 bits per heavy atom. The predicted octanol–water partition coefficient (Wildman–Crippen LogP) is 9.07. The summed E-state index contributed by atoms with van der Waals surface area (Å²) in [6.07, 6.45) is -3.70. The van der Waals surface area contributed by atoms with Gasteiger partial charge in [0.25, 0.3) is 0 Å². The molecule has 0 aliphatic heterocycles. The first kappa shape index (κ1) is 59.6. The van der Waals surface area contributed by atoms with E-state index in [1.165, 1.54) is 6.42 Å². The van der Waals surface area contributed by atoms with Crippen molar-refractivity contribution in [2.45, 2.75) is 57.8 Å². The number of carbonyl (C=O) groups is 2. The van der Waals surface area contributed by atoms with E-state index in [4.69, 9.17) is 52.9 Å². The van der Waals surface area contributed by atoms with E-state index in [0.29, 0.717) is 18.3 Å². The van der Waals surface area contributed by atoms with Crippen LogP contribution in [0, 0.1) is 5.41 Å². The first-order valence-electron chi connectivity index (χ1n) is 17.2. The molecule has 11 N–H and O–H groups in total. The summed E-state index contributed by atoms with van der Waals surface area (Å²) in [6, 6.07) is 23.2. The number of nitrogens with zero attached hydrogens (tertiary/aromatic N) is 2. The molecule has 0 aromatic heterocycles. The van der Waals surface area contributed by atoms with E-state index in [1.54, 1.807) is 0 Å². The smallest absolute Gasteiger partial charge is 0.478 e. The van der Waals surface area contributed by atoms with Crippen LogP contribution in [0.25, 0.3) is 0 Å². The third-order valence-electron chi connectivity index (χ3n) is 6.45. The molecule has 3 aromatic carbocycles. The van der Waals surface area contributed by atoms with Gasteiger partial charge >= 0.3 is 24.3 Å². The van der Waals surface area contributed by atoms with Crippen LogP contribution in [-0.4, -0.2) is 84.9 Å². The van der Waals surface area contributed by atoms with Gasteiger partial charge in [0.1, 0.15) is 11.7 Å². The van der Waals surface area contributed by atoms with Crippen LogP contribution in [0.15, 0.2) is 96.2 Å². The molecule has 0 unspecified atom stereocenters. The minimum Gasteiger partial charge on any atom is -0.478 e. The number of rotatable bonds is 14. The molecule has 0 aliphatic carbocycles. The molecule has 3 rings (SSSR count). The highest BCUT2D eigenvalue weighted by atomic mass is 79.9. The minimum absolute atomic E-state index is 0. The Morgan fingerprint density at radius 2 is 0.881 bits per heavy atom. The van der Waals surface area contributed by atoms with Crippen LogP contribution in [0.2, 0.25) is 0 Å². The van der Waals surface area contributed by atoms with E-state index in [1.807, 2.05) is 79.7 Å². The zero-order valence-corrected chi connectivity index (χ0v) is 37.4. The zero-order valence-electron chi connectivity index (χ0n) is 31.8. The lowest BCUT2D eigenvalue weighted by atomic mass is 10.2. The highest BCUT2D eigenvalue weighted by Crippen LogP contribution is 2.15. The van der Waals surface area contributed by atoms with Crippen molar-refractivity contribution in [3.8, 4) is 0 Å². The van der Waals surface area contributed by atoms with Crippen molar-refractivity contribution < 1.29 is 50.9 Å². The number of carboxylic acid groups (broad SMARTS) is 2. The molecule has 59 heavy (non-hydrogen) atoms. The van der Waals surface area contributed by atoms with E-state index in [2.05, 4.69) is 57.8 Å². The van der Waals surface area contributed by atoms with E-state index in [9.17, 15) is 26.3 Å². The summed E-state index contributed by atoms with van der Waals surface area (Å²) < 4.78 is 71.6. The van der Waals surface area contributed by atoms with Gasteiger partial charge in [0.2, 0.25) is 5.90 Å². The number of aliphatic imine (C=N–C) groups is 2. The van der Waals surface area contributed by atoms with E-state index >= 15 is 0 Å². The summed E-state index contributed by atoms with van der Waals surface area (Å²) in [4.78, 5) is 26.6. The number of aliphatic carboxylic acids is 2. The number of alkyl halides is 6. The van der Waals surface area contributed by atoms with Gasteiger partial charge in [0, 0.05) is 43.2 Å². The maximum Gasteiger partial charge on any atom is 0.490 e. The Labute approximate surface area is 370 Å². The summed E-state index contributed by atoms with van der Waals surface area (Å²) >= 11 is 10.1. The summed E-state index contributed by atoms with van der Waals surface area (Å²) in [5.41, 5.74) is 25.2. The third kappa shape index (κ3) is 32.7. The first-order valence-corrected chi connectivity index (χ1v) is 19.6. The standard InChI is InChI=1S/C19H22Br2N4.C9H10BrNO.C5H14N2.2C2HF3O2.ClH/c20-16-8-4-14(5-9-16)18(22)24-12-2-1-3-13-25-19(23)15-6-10-17(21)11-7-15;1-2-12-9(11)7-3-5-8(10)6-4-7;6-4-2-1-3-5-7;2*3-2(4,5)1(6)7;/h4-11H,1-3,12-13H2,(H2,22,24)(H2,23,25);3-6,11H,2H2,1H3;1-7H2;2*(H,6,7);1H. The highest BCUT2D eigenvalue weighted by molar-refractivity contribution is 9.11. The van der Waals surface area contributed by atoms with Crippen molar-refractivity contribution in [3.05, 3.63) is 103 Å². The molecule has 0 bridgehead atoms. The molecule has 3 aromatic rings. The van der Waals surface area contributed by atoms with Gasteiger partial charge in [-0.2, -0.15) is 26.3 Å². The quantitative estimate of drug-likeness (QED) is 0.0352. The molecule has 0 amide bonds.